The van der Waals surface area contributed by atoms with E-state index in [1.165, 1.54) is 0 Å². The average molecular weight is 439 g/mol. The lowest BCUT2D eigenvalue weighted by atomic mass is 9.86. The van der Waals surface area contributed by atoms with Crippen molar-refractivity contribution in [2.24, 2.45) is 0 Å². The minimum atomic E-state index is -0.635. The molecule has 2 amide bonds. The summed E-state index contributed by atoms with van der Waals surface area (Å²) in [5, 5.41) is 2.98. The number of nitrogens with one attached hydrogen (secondary N) is 1. The molecule has 2 aromatic rings. The predicted octanol–water partition coefficient (Wildman–Crippen LogP) is 5.00. The first-order valence-corrected chi connectivity index (χ1v) is 11.2. The van der Waals surface area contributed by atoms with Crippen molar-refractivity contribution in [2.75, 3.05) is 6.61 Å². The maximum Gasteiger partial charge on any atom is 0.261 e. The van der Waals surface area contributed by atoms with Crippen LogP contribution in [0, 0.1) is 6.92 Å². The van der Waals surface area contributed by atoms with Crippen LogP contribution in [-0.2, 0) is 21.5 Å². The molecular formula is C27H38N2O3. The zero-order chi connectivity index (χ0) is 24.1. The van der Waals surface area contributed by atoms with Crippen molar-refractivity contribution in [3.63, 3.8) is 0 Å². The van der Waals surface area contributed by atoms with E-state index in [2.05, 4.69) is 26.1 Å². The minimum Gasteiger partial charge on any atom is -0.483 e. The second-order valence-corrected chi connectivity index (χ2v) is 10.5. The van der Waals surface area contributed by atoms with Crippen LogP contribution in [0.1, 0.15) is 65.2 Å². The third kappa shape index (κ3) is 7.40. The molecule has 5 nitrogen and oxygen atoms in total. The average Bonchev–Trinajstić information content (AvgIpc) is 2.69. The molecule has 0 bridgehead atoms. The Morgan fingerprint density at radius 1 is 0.969 bits per heavy atom. The first-order valence-electron chi connectivity index (χ1n) is 11.2. The van der Waals surface area contributed by atoms with Gasteiger partial charge >= 0.3 is 0 Å². The second kappa shape index (κ2) is 10.2. The van der Waals surface area contributed by atoms with Crippen molar-refractivity contribution in [2.45, 2.75) is 78.9 Å². The van der Waals surface area contributed by atoms with E-state index in [0.29, 0.717) is 12.3 Å². The van der Waals surface area contributed by atoms with Gasteiger partial charge in [-0.2, -0.15) is 0 Å². The first kappa shape index (κ1) is 25.4. The number of carbonyl (C=O) groups is 2. The fourth-order valence-corrected chi connectivity index (χ4v) is 3.38. The molecule has 0 aliphatic heterocycles. The number of hydrogen-bond donors (Lipinski definition) is 1. The summed E-state index contributed by atoms with van der Waals surface area (Å²) in [6.07, 6.45) is 0. The number of para-hydroxylation sites is 1. The Labute approximate surface area is 193 Å². The molecule has 0 unspecified atom stereocenters. The largest absolute Gasteiger partial charge is 0.483 e. The van der Waals surface area contributed by atoms with Gasteiger partial charge in [0.05, 0.1) is 0 Å². The van der Waals surface area contributed by atoms with Crippen molar-refractivity contribution in [1.82, 2.24) is 10.2 Å². The maximum atomic E-state index is 13.3. The normalized spacial score (nSPS) is 12.8. The smallest absolute Gasteiger partial charge is 0.261 e. The van der Waals surface area contributed by atoms with Crippen LogP contribution in [-0.4, -0.2) is 34.9 Å². The van der Waals surface area contributed by atoms with E-state index in [1.54, 1.807) is 11.8 Å². The van der Waals surface area contributed by atoms with Crippen LogP contribution in [0.5, 0.6) is 5.75 Å². The highest BCUT2D eigenvalue weighted by molar-refractivity contribution is 5.88. The molecule has 0 aliphatic carbocycles. The summed E-state index contributed by atoms with van der Waals surface area (Å²) in [5.74, 6) is 0.273. The predicted molar refractivity (Wildman–Crippen MR) is 130 cm³/mol. The molecule has 5 heteroatoms. The molecule has 0 spiro atoms. The van der Waals surface area contributed by atoms with E-state index in [4.69, 9.17) is 4.74 Å². The Morgan fingerprint density at radius 3 is 2.12 bits per heavy atom. The number of aryl methyl sites for hydroxylation is 1. The fraction of sp³-hybridized carbons (Fsp3) is 0.481. The summed E-state index contributed by atoms with van der Waals surface area (Å²) in [7, 11) is 0. The highest BCUT2D eigenvalue weighted by Gasteiger charge is 2.29. The molecule has 2 aromatic carbocycles. The van der Waals surface area contributed by atoms with Crippen molar-refractivity contribution in [1.29, 1.82) is 0 Å². The van der Waals surface area contributed by atoms with E-state index in [-0.39, 0.29) is 29.4 Å². The Hall–Kier alpha value is -2.82. The molecule has 0 fully saturated rings. The lowest BCUT2D eigenvalue weighted by Gasteiger charge is -2.31. The van der Waals surface area contributed by atoms with Gasteiger partial charge in [-0.3, -0.25) is 9.59 Å². The molecule has 1 N–H and O–H groups in total. The second-order valence-electron chi connectivity index (χ2n) is 10.5. The monoisotopic (exact) mass is 438 g/mol. The quantitative estimate of drug-likeness (QED) is 0.662. The topological polar surface area (TPSA) is 58.6 Å². The molecule has 0 radical (unpaired) electrons. The highest BCUT2D eigenvalue weighted by atomic mass is 16.5. The number of carbonyl (C=O) groups excluding carboxylic acids is 2. The SMILES string of the molecule is Cc1ccc(CN(C(=O)COc2ccccc2C(C)(C)C)[C@@H](C)C(=O)NC(C)(C)C)cc1. The van der Waals surface area contributed by atoms with Crippen molar-refractivity contribution < 1.29 is 14.3 Å². The van der Waals surface area contributed by atoms with Crippen LogP contribution in [0.25, 0.3) is 0 Å². The van der Waals surface area contributed by atoms with Crippen LogP contribution >= 0.6 is 0 Å². The van der Waals surface area contributed by atoms with E-state index in [9.17, 15) is 9.59 Å². The van der Waals surface area contributed by atoms with Gasteiger partial charge in [-0.15, -0.1) is 0 Å². The van der Waals surface area contributed by atoms with Gasteiger partial charge in [0.2, 0.25) is 5.91 Å². The van der Waals surface area contributed by atoms with Gasteiger partial charge < -0.3 is 15.0 Å². The summed E-state index contributed by atoms with van der Waals surface area (Å²) in [4.78, 5) is 27.7. The third-order valence-electron chi connectivity index (χ3n) is 5.19. The first-order chi connectivity index (χ1) is 14.8. The Balaban J connectivity index is 2.23. The lowest BCUT2D eigenvalue weighted by molar-refractivity contribution is -0.142. The van der Waals surface area contributed by atoms with Crippen molar-refractivity contribution in [3.05, 3.63) is 65.2 Å². The summed E-state index contributed by atoms with van der Waals surface area (Å²) in [5.41, 5.74) is 2.66. The van der Waals surface area contributed by atoms with E-state index >= 15 is 0 Å². The lowest BCUT2D eigenvalue weighted by Crippen LogP contribution is -2.53. The van der Waals surface area contributed by atoms with Crippen LogP contribution in [0.3, 0.4) is 0 Å². The Bertz CT molecular complexity index is 921. The number of amides is 2. The highest BCUT2D eigenvalue weighted by Crippen LogP contribution is 2.31. The zero-order valence-corrected chi connectivity index (χ0v) is 20.8. The van der Waals surface area contributed by atoms with Crippen LogP contribution < -0.4 is 10.1 Å². The Kier molecular flexibility index (Phi) is 8.11. The third-order valence-corrected chi connectivity index (χ3v) is 5.19. The molecule has 32 heavy (non-hydrogen) atoms. The van der Waals surface area contributed by atoms with Gasteiger partial charge in [0.25, 0.3) is 5.91 Å². The van der Waals surface area contributed by atoms with Crippen molar-refractivity contribution in [3.8, 4) is 5.75 Å². The number of nitrogens with zero attached hydrogens (tertiary/aromatic N) is 1. The fourth-order valence-electron chi connectivity index (χ4n) is 3.38. The number of rotatable bonds is 7. The molecule has 0 aromatic heterocycles. The van der Waals surface area contributed by atoms with Crippen LogP contribution in [0.15, 0.2) is 48.5 Å². The van der Waals surface area contributed by atoms with E-state index in [1.807, 2.05) is 76.2 Å². The standard InChI is InChI=1S/C27H38N2O3/c1-19-13-15-21(16-14-19)17-29(20(2)25(31)28-27(6,7)8)24(30)18-32-23-12-10-9-11-22(23)26(3,4)5/h9-16,20H,17-18H2,1-8H3,(H,28,31)/t20-/m0/s1. The molecule has 174 valence electrons. The van der Waals surface area contributed by atoms with E-state index < -0.39 is 6.04 Å². The van der Waals surface area contributed by atoms with Gasteiger partial charge in [0.15, 0.2) is 6.61 Å². The summed E-state index contributed by atoms with van der Waals surface area (Å²) in [6.45, 7) is 16.1. The molecule has 0 saturated carbocycles. The number of ether oxygens (including phenoxy) is 1. The van der Waals surface area contributed by atoms with Gasteiger partial charge in [-0.1, -0.05) is 68.8 Å². The number of hydrogen-bond acceptors (Lipinski definition) is 3. The number of benzene rings is 2. The molecule has 1 atom stereocenters. The molecule has 0 heterocycles. The van der Waals surface area contributed by atoms with Crippen LogP contribution in [0.4, 0.5) is 0 Å². The molecular weight excluding hydrogens is 400 g/mol. The molecule has 2 rings (SSSR count). The molecule has 0 saturated heterocycles. The summed E-state index contributed by atoms with van der Waals surface area (Å²) in [6, 6.07) is 15.1. The van der Waals surface area contributed by atoms with Gasteiger partial charge in [0, 0.05) is 12.1 Å². The van der Waals surface area contributed by atoms with Gasteiger partial charge in [-0.05, 0) is 57.2 Å². The van der Waals surface area contributed by atoms with Crippen LogP contribution in [0.2, 0.25) is 0 Å². The van der Waals surface area contributed by atoms with E-state index in [0.717, 1.165) is 16.7 Å². The summed E-state index contributed by atoms with van der Waals surface area (Å²) >= 11 is 0. The zero-order valence-electron chi connectivity index (χ0n) is 20.8. The Morgan fingerprint density at radius 2 is 1.56 bits per heavy atom. The van der Waals surface area contributed by atoms with Gasteiger partial charge in [-0.25, -0.2) is 0 Å². The minimum absolute atomic E-state index is 0.110. The molecule has 0 aliphatic rings. The van der Waals surface area contributed by atoms with Gasteiger partial charge in [0.1, 0.15) is 11.8 Å². The summed E-state index contributed by atoms with van der Waals surface area (Å²) < 4.78 is 5.97. The van der Waals surface area contributed by atoms with Crippen molar-refractivity contribution >= 4 is 11.8 Å². The maximum absolute atomic E-state index is 13.3.